The van der Waals surface area contributed by atoms with E-state index in [1.54, 1.807) is 6.20 Å². The Morgan fingerprint density at radius 1 is 1.38 bits per heavy atom. The van der Waals surface area contributed by atoms with Crippen LogP contribution in [0.1, 0.15) is 17.5 Å². The van der Waals surface area contributed by atoms with E-state index in [2.05, 4.69) is 9.97 Å². The summed E-state index contributed by atoms with van der Waals surface area (Å²) >= 11 is 0. The summed E-state index contributed by atoms with van der Waals surface area (Å²) in [7, 11) is 0. The number of H-pyrrole nitrogens is 1. The summed E-state index contributed by atoms with van der Waals surface area (Å²) in [6, 6.07) is 3.15. The Hall–Kier alpha value is -1.75. The molecular formula is C11H10F2N2O. The fraction of sp³-hybridized carbons (Fsp3) is 0.182. The maximum absolute atomic E-state index is 13.3. The second-order valence-corrected chi connectivity index (χ2v) is 3.43. The van der Waals surface area contributed by atoms with Gasteiger partial charge in [-0.25, -0.2) is 13.8 Å². The molecule has 1 heterocycles. The minimum absolute atomic E-state index is 0.0168. The Morgan fingerprint density at radius 3 is 2.88 bits per heavy atom. The average molecular weight is 224 g/mol. The van der Waals surface area contributed by atoms with Crippen molar-refractivity contribution in [3.63, 3.8) is 0 Å². The summed E-state index contributed by atoms with van der Waals surface area (Å²) in [6.07, 6.45) is 2.06. The summed E-state index contributed by atoms with van der Waals surface area (Å²) in [5.74, 6) is -0.723. The molecule has 2 N–H and O–H groups in total. The molecule has 1 atom stereocenters. The molecular weight excluding hydrogens is 214 g/mol. The monoisotopic (exact) mass is 224 g/mol. The molecule has 16 heavy (non-hydrogen) atoms. The van der Waals surface area contributed by atoms with Crippen LogP contribution in [0.15, 0.2) is 30.6 Å². The predicted octanol–water partition coefficient (Wildman–Crippen LogP) is 1.96. The number of aromatic nitrogens is 2. The molecule has 1 aromatic carbocycles. The van der Waals surface area contributed by atoms with E-state index in [1.807, 2.05) is 0 Å². The van der Waals surface area contributed by atoms with Crippen LogP contribution in [0.3, 0.4) is 0 Å². The lowest BCUT2D eigenvalue weighted by atomic mass is 10.1. The Kier molecular flexibility index (Phi) is 2.96. The van der Waals surface area contributed by atoms with Crippen LogP contribution in [0.25, 0.3) is 0 Å². The highest BCUT2D eigenvalue weighted by Gasteiger charge is 2.14. The van der Waals surface area contributed by atoms with Gasteiger partial charge in [0.25, 0.3) is 0 Å². The molecule has 0 saturated heterocycles. The first-order valence-electron chi connectivity index (χ1n) is 4.78. The van der Waals surface area contributed by atoms with Gasteiger partial charge in [0.15, 0.2) is 0 Å². The number of nitrogens with one attached hydrogen (secondary N) is 1. The van der Waals surface area contributed by atoms with E-state index in [1.165, 1.54) is 6.20 Å². The van der Waals surface area contributed by atoms with E-state index in [9.17, 15) is 13.9 Å². The van der Waals surface area contributed by atoms with E-state index < -0.39 is 17.7 Å². The maximum Gasteiger partial charge on any atom is 0.135 e. The largest absolute Gasteiger partial charge is 0.385 e. The lowest BCUT2D eigenvalue weighted by molar-refractivity contribution is 0.168. The second-order valence-electron chi connectivity index (χ2n) is 3.43. The molecule has 0 bridgehead atoms. The number of aliphatic hydroxyl groups excluding tert-OH is 1. The minimum atomic E-state index is -0.966. The highest BCUT2D eigenvalue weighted by molar-refractivity contribution is 5.20. The van der Waals surface area contributed by atoms with E-state index in [-0.39, 0.29) is 12.0 Å². The van der Waals surface area contributed by atoms with Gasteiger partial charge in [-0.1, -0.05) is 0 Å². The molecule has 1 aromatic heterocycles. The van der Waals surface area contributed by atoms with Gasteiger partial charge in [0.2, 0.25) is 0 Å². The number of hydrogen-bond donors (Lipinski definition) is 2. The fourth-order valence-electron chi connectivity index (χ4n) is 1.46. The van der Waals surface area contributed by atoms with Crippen molar-refractivity contribution in [2.75, 3.05) is 0 Å². The van der Waals surface area contributed by atoms with Crippen LogP contribution in [0.2, 0.25) is 0 Å². The van der Waals surface area contributed by atoms with Gasteiger partial charge in [0.05, 0.1) is 0 Å². The second kappa shape index (κ2) is 4.40. The Balaban J connectivity index is 2.17. The van der Waals surface area contributed by atoms with Crippen molar-refractivity contribution in [2.24, 2.45) is 0 Å². The number of halogens is 2. The van der Waals surface area contributed by atoms with Crippen LogP contribution in [-0.2, 0) is 6.42 Å². The van der Waals surface area contributed by atoms with Gasteiger partial charge >= 0.3 is 0 Å². The van der Waals surface area contributed by atoms with Crippen molar-refractivity contribution in [3.8, 4) is 0 Å². The van der Waals surface area contributed by atoms with Crippen molar-refractivity contribution < 1.29 is 13.9 Å². The zero-order chi connectivity index (χ0) is 11.5. The van der Waals surface area contributed by atoms with Crippen molar-refractivity contribution >= 4 is 0 Å². The number of rotatable bonds is 3. The zero-order valence-corrected chi connectivity index (χ0v) is 8.32. The lowest BCUT2D eigenvalue weighted by Crippen LogP contribution is -2.05. The third kappa shape index (κ3) is 2.25. The van der Waals surface area contributed by atoms with Gasteiger partial charge in [0.1, 0.15) is 23.6 Å². The molecule has 84 valence electrons. The molecule has 0 radical (unpaired) electrons. The number of hydrogen-bond acceptors (Lipinski definition) is 2. The number of imidazole rings is 1. The molecule has 0 amide bonds. The van der Waals surface area contributed by atoms with Crippen LogP contribution >= 0.6 is 0 Å². The maximum atomic E-state index is 13.3. The number of aromatic amines is 1. The van der Waals surface area contributed by atoms with Gasteiger partial charge in [0, 0.05) is 18.8 Å². The number of aliphatic hydroxyl groups is 1. The molecule has 1 unspecified atom stereocenters. The Bertz CT molecular complexity index is 471. The highest BCUT2D eigenvalue weighted by Crippen LogP contribution is 2.18. The third-order valence-corrected chi connectivity index (χ3v) is 2.26. The zero-order valence-electron chi connectivity index (χ0n) is 8.32. The van der Waals surface area contributed by atoms with E-state index in [4.69, 9.17) is 0 Å². The van der Waals surface area contributed by atoms with Crippen LogP contribution < -0.4 is 0 Å². The van der Waals surface area contributed by atoms with Crippen LogP contribution in [0.5, 0.6) is 0 Å². The summed E-state index contributed by atoms with van der Waals surface area (Å²) in [5, 5.41) is 9.70. The molecule has 2 rings (SSSR count). The minimum Gasteiger partial charge on any atom is -0.385 e. The topological polar surface area (TPSA) is 48.9 Å². The first kappa shape index (κ1) is 10.8. The summed E-state index contributed by atoms with van der Waals surface area (Å²) < 4.78 is 26.1. The van der Waals surface area contributed by atoms with Gasteiger partial charge in [-0.15, -0.1) is 0 Å². The molecule has 0 spiro atoms. The lowest BCUT2D eigenvalue weighted by Gasteiger charge is -2.08. The summed E-state index contributed by atoms with van der Waals surface area (Å²) in [5.41, 5.74) is 0.129. The van der Waals surface area contributed by atoms with Crippen molar-refractivity contribution in [2.45, 2.75) is 12.5 Å². The molecule has 3 nitrogen and oxygen atoms in total. The SMILES string of the molecule is OC(Cc1cc(F)ccc1F)c1ncc[nH]1. The molecule has 0 aliphatic rings. The van der Waals surface area contributed by atoms with E-state index in [0.717, 1.165) is 18.2 Å². The molecule has 0 aliphatic carbocycles. The molecule has 0 aliphatic heterocycles. The van der Waals surface area contributed by atoms with Gasteiger partial charge < -0.3 is 10.1 Å². The standard InChI is InChI=1S/C11H10F2N2O/c12-8-1-2-9(13)7(5-8)6-10(16)11-14-3-4-15-11/h1-5,10,16H,6H2,(H,14,15). The quantitative estimate of drug-likeness (QED) is 0.837. The first-order valence-corrected chi connectivity index (χ1v) is 4.78. The van der Waals surface area contributed by atoms with Gasteiger partial charge in [-0.2, -0.15) is 0 Å². The third-order valence-electron chi connectivity index (χ3n) is 2.26. The Labute approximate surface area is 90.8 Å². The predicted molar refractivity (Wildman–Crippen MR) is 53.6 cm³/mol. The van der Waals surface area contributed by atoms with Crippen LogP contribution in [0.4, 0.5) is 8.78 Å². The van der Waals surface area contributed by atoms with Crippen molar-refractivity contribution in [1.29, 1.82) is 0 Å². The highest BCUT2D eigenvalue weighted by atomic mass is 19.1. The Morgan fingerprint density at radius 2 is 2.19 bits per heavy atom. The van der Waals surface area contributed by atoms with E-state index >= 15 is 0 Å². The van der Waals surface area contributed by atoms with Gasteiger partial charge in [-0.3, -0.25) is 0 Å². The number of benzene rings is 1. The van der Waals surface area contributed by atoms with Crippen LogP contribution in [0, 0.1) is 11.6 Å². The van der Waals surface area contributed by atoms with Crippen molar-refractivity contribution in [1.82, 2.24) is 9.97 Å². The average Bonchev–Trinajstić information content (AvgIpc) is 2.76. The molecule has 5 heteroatoms. The first-order chi connectivity index (χ1) is 7.66. The molecule has 2 aromatic rings. The van der Waals surface area contributed by atoms with Crippen LogP contribution in [-0.4, -0.2) is 15.1 Å². The smallest absolute Gasteiger partial charge is 0.135 e. The number of nitrogens with zero attached hydrogens (tertiary/aromatic N) is 1. The molecule has 0 fully saturated rings. The normalized spacial score (nSPS) is 12.7. The summed E-state index contributed by atoms with van der Waals surface area (Å²) in [6.45, 7) is 0. The van der Waals surface area contributed by atoms with E-state index in [0.29, 0.717) is 5.82 Å². The fourth-order valence-corrected chi connectivity index (χ4v) is 1.46. The van der Waals surface area contributed by atoms with Crippen molar-refractivity contribution in [3.05, 3.63) is 53.6 Å². The summed E-state index contributed by atoms with van der Waals surface area (Å²) in [4.78, 5) is 6.56. The van der Waals surface area contributed by atoms with Gasteiger partial charge in [-0.05, 0) is 23.8 Å². The molecule has 0 saturated carbocycles.